The fourth-order valence-electron chi connectivity index (χ4n) is 2.02. The van der Waals surface area contributed by atoms with E-state index in [0.29, 0.717) is 17.3 Å². The molecule has 1 atom stereocenters. The third-order valence-electron chi connectivity index (χ3n) is 3.92. The van der Waals surface area contributed by atoms with Gasteiger partial charge in [-0.2, -0.15) is 0 Å². The summed E-state index contributed by atoms with van der Waals surface area (Å²) in [5, 5.41) is 0.0899. The maximum absolute atomic E-state index is 13.7. The molecular weight excluding hydrogens is 298 g/mol. The Kier molecular flexibility index (Phi) is 4.31. The van der Waals surface area contributed by atoms with Crippen LogP contribution in [0.3, 0.4) is 0 Å². The first-order chi connectivity index (χ1) is 9.24. The van der Waals surface area contributed by atoms with E-state index in [9.17, 15) is 4.39 Å². The lowest BCUT2D eigenvalue weighted by molar-refractivity contribution is 0.233. The fraction of sp³-hybridized carbons (Fsp3) is 0.533. The molecule has 5 heteroatoms. The van der Waals surface area contributed by atoms with Gasteiger partial charge in [-0.05, 0) is 17.4 Å². The number of hydrogen-bond donors (Lipinski definition) is 0. The molecule has 1 aromatic carbocycles. The van der Waals surface area contributed by atoms with Crippen LogP contribution in [-0.4, -0.2) is 9.55 Å². The highest BCUT2D eigenvalue weighted by molar-refractivity contribution is 6.31. The lowest BCUT2D eigenvalue weighted by atomic mass is 9.82. The van der Waals surface area contributed by atoms with Crippen LogP contribution in [0.25, 0.3) is 11.0 Å². The maximum Gasteiger partial charge on any atom is 0.144 e. The zero-order valence-corrected chi connectivity index (χ0v) is 13.7. The summed E-state index contributed by atoms with van der Waals surface area (Å²) in [5.41, 5.74) is 1.59. The minimum Gasteiger partial charge on any atom is -0.327 e. The average molecular weight is 317 g/mol. The Bertz CT molecular complexity index is 629. The SMILES string of the molecule is CC(Cn1c(CCl)nc2cc(Cl)c(F)cc21)C(C)(C)C. The van der Waals surface area contributed by atoms with Gasteiger partial charge in [0.15, 0.2) is 0 Å². The predicted molar refractivity (Wildman–Crippen MR) is 82.9 cm³/mol. The molecule has 0 N–H and O–H groups in total. The minimum atomic E-state index is -0.426. The second-order valence-electron chi connectivity index (χ2n) is 6.29. The number of nitrogens with zero attached hydrogens (tertiary/aromatic N) is 2. The lowest BCUT2D eigenvalue weighted by Crippen LogP contribution is -2.23. The summed E-state index contributed by atoms with van der Waals surface area (Å²) in [6.45, 7) is 9.50. The van der Waals surface area contributed by atoms with Crippen molar-refractivity contribution in [1.82, 2.24) is 9.55 Å². The summed E-state index contributed by atoms with van der Waals surface area (Å²) in [7, 11) is 0. The minimum absolute atomic E-state index is 0.0899. The van der Waals surface area contributed by atoms with E-state index in [4.69, 9.17) is 23.2 Å². The molecule has 0 saturated carbocycles. The zero-order chi connectivity index (χ0) is 15.1. The number of alkyl halides is 1. The van der Waals surface area contributed by atoms with Gasteiger partial charge in [0.1, 0.15) is 11.6 Å². The van der Waals surface area contributed by atoms with E-state index in [1.807, 2.05) is 4.57 Å². The number of aromatic nitrogens is 2. The molecule has 2 rings (SSSR count). The summed E-state index contributed by atoms with van der Waals surface area (Å²) < 4.78 is 15.7. The summed E-state index contributed by atoms with van der Waals surface area (Å²) in [6.07, 6.45) is 0. The molecule has 0 aliphatic heterocycles. The van der Waals surface area contributed by atoms with Crippen LogP contribution < -0.4 is 0 Å². The van der Waals surface area contributed by atoms with Gasteiger partial charge in [0.25, 0.3) is 0 Å². The first-order valence-corrected chi connectivity index (χ1v) is 7.55. The van der Waals surface area contributed by atoms with Gasteiger partial charge in [-0.15, -0.1) is 11.6 Å². The molecular formula is C15H19Cl2FN2. The van der Waals surface area contributed by atoms with Gasteiger partial charge in [-0.1, -0.05) is 39.3 Å². The van der Waals surface area contributed by atoms with E-state index in [-0.39, 0.29) is 10.4 Å². The number of halogens is 3. The Balaban J connectivity index is 2.53. The quantitative estimate of drug-likeness (QED) is 0.707. The first-order valence-electron chi connectivity index (χ1n) is 6.64. The van der Waals surface area contributed by atoms with Crippen LogP contribution in [0.15, 0.2) is 12.1 Å². The Morgan fingerprint density at radius 3 is 2.55 bits per heavy atom. The monoisotopic (exact) mass is 316 g/mol. The van der Waals surface area contributed by atoms with Crippen molar-refractivity contribution in [3.63, 3.8) is 0 Å². The highest BCUT2D eigenvalue weighted by atomic mass is 35.5. The molecule has 0 aliphatic rings. The highest BCUT2D eigenvalue weighted by Crippen LogP contribution is 2.30. The number of rotatable bonds is 3. The number of benzene rings is 1. The van der Waals surface area contributed by atoms with Gasteiger partial charge in [0, 0.05) is 12.6 Å². The predicted octanol–water partition coefficient (Wildman–Crippen LogP) is 5.25. The molecule has 2 nitrogen and oxygen atoms in total. The van der Waals surface area contributed by atoms with Crippen molar-refractivity contribution in [2.24, 2.45) is 11.3 Å². The van der Waals surface area contributed by atoms with Crippen molar-refractivity contribution in [3.05, 3.63) is 28.8 Å². The van der Waals surface area contributed by atoms with Crippen LogP contribution in [-0.2, 0) is 12.4 Å². The van der Waals surface area contributed by atoms with Crippen LogP contribution in [0.2, 0.25) is 5.02 Å². The summed E-state index contributed by atoms with van der Waals surface area (Å²) in [6, 6.07) is 3.00. The highest BCUT2D eigenvalue weighted by Gasteiger charge is 2.23. The van der Waals surface area contributed by atoms with Gasteiger partial charge in [0.05, 0.1) is 21.9 Å². The Morgan fingerprint density at radius 2 is 2.00 bits per heavy atom. The molecule has 0 aliphatic carbocycles. The van der Waals surface area contributed by atoms with Crippen molar-refractivity contribution in [2.45, 2.75) is 40.1 Å². The first kappa shape index (κ1) is 15.6. The third-order valence-corrected chi connectivity index (χ3v) is 4.45. The van der Waals surface area contributed by atoms with Crippen LogP contribution >= 0.6 is 23.2 Å². The lowest BCUT2D eigenvalue weighted by Gasteiger charge is -2.28. The molecule has 1 heterocycles. The van der Waals surface area contributed by atoms with Crippen molar-refractivity contribution < 1.29 is 4.39 Å². The molecule has 1 aromatic heterocycles. The van der Waals surface area contributed by atoms with E-state index in [0.717, 1.165) is 17.9 Å². The van der Waals surface area contributed by atoms with Gasteiger partial charge in [0.2, 0.25) is 0 Å². The number of imidazole rings is 1. The maximum atomic E-state index is 13.7. The van der Waals surface area contributed by atoms with Gasteiger partial charge >= 0.3 is 0 Å². The van der Waals surface area contributed by atoms with Crippen LogP contribution in [0.4, 0.5) is 4.39 Å². The molecule has 20 heavy (non-hydrogen) atoms. The molecule has 0 spiro atoms. The number of hydrogen-bond acceptors (Lipinski definition) is 1. The van der Waals surface area contributed by atoms with Crippen LogP contribution in [0.1, 0.15) is 33.5 Å². The van der Waals surface area contributed by atoms with E-state index in [1.165, 1.54) is 6.07 Å². The van der Waals surface area contributed by atoms with Crippen molar-refractivity contribution >= 4 is 34.2 Å². The summed E-state index contributed by atoms with van der Waals surface area (Å²) in [4.78, 5) is 4.45. The van der Waals surface area contributed by atoms with Crippen LogP contribution in [0, 0.1) is 17.2 Å². The largest absolute Gasteiger partial charge is 0.327 e. The molecule has 2 aromatic rings. The molecule has 0 amide bonds. The van der Waals surface area contributed by atoms with Gasteiger partial charge in [-0.3, -0.25) is 0 Å². The molecule has 0 radical (unpaired) electrons. The topological polar surface area (TPSA) is 17.8 Å². The normalized spacial score (nSPS) is 13.9. The Morgan fingerprint density at radius 1 is 1.35 bits per heavy atom. The second kappa shape index (κ2) is 5.53. The second-order valence-corrected chi connectivity index (χ2v) is 6.97. The third kappa shape index (κ3) is 2.94. The molecule has 0 fully saturated rings. The van der Waals surface area contributed by atoms with Crippen molar-refractivity contribution in [1.29, 1.82) is 0 Å². The molecule has 110 valence electrons. The van der Waals surface area contributed by atoms with Gasteiger partial charge < -0.3 is 4.57 Å². The standard InChI is InChI=1S/C15H19Cl2FN2/c1-9(15(2,3)4)8-20-13-6-11(18)10(17)5-12(13)19-14(20)7-16/h5-6,9H,7-8H2,1-4H3. The Hall–Kier alpha value is -0.800. The molecule has 1 unspecified atom stereocenters. The van der Waals surface area contributed by atoms with Gasteiger partial charge in [-0.25, -0.2) is 9.37 Å². The van der Waals surface area contributed by atoms with Crippen molar-refractivity contribution in [3.8, 4) is 0 Å². The summed E-state index contributed by atoms with van der Waals surface area (Å²) >= 11 is 11.8. The smallest absolute Gasteiger partial charge is 0.144 e. The van der Waals surface area contributed by atoms with Crippen LogP contribution in [0.5, 0.6) is 0 Å². The Labute approximate surface area is 128 Å². The number of fused-ring (bicyclic) bond motifs is 1. The van der Waals surface area contributed by atoms with E-state index < -0.39 is 5.82 Å². The van der Waals surface area contributed by atoms with E-state index in [2.05, 4.69) is 32.7 Å². The molecule has 0 bridgehead atoms. The van der Waals surface area contributed by atoms with E-state index >= 15 is 0 Å². The zero-order valence-electron chi connectivity index (χ0n) is 12.2. The molecule has 0 saturated heterocycles. The summed E-state index contributed by atoms with van der Waals surface area (Å²) in [5.74, 6) is 1.02. The van der Waals surface area contributed by atoms with E-state index in [1.54, 1.807) is 6.07 Å². The van der Waals surface area contributed by atoms with Crippen molar-refractivity contribution in [2.75, 3.05) is 0 Å². The fourth-order valence-corrected chi connectivity index (χ4v) is 2.39. The average Bonchev–Trinajstić information content (AvgIpc) is 2.66.